The van der Waals surface area contributed by atoms with Crippen LogP contribution in [0.15, 0.2) is 42.5 Å². The fourth-order valence-electron chi connectivity index (χ4n) is 1.97. The number of nitrogens with two attached hydrogens (primary N) is 1. The zero-order chi connectivity index (χ0) is 13.7. The van der Waals surface area contributed by atoms with Gasteiger partial charge in [0.2, 0.25) is 0 Å². The SMILES string of the molecule is Cc1ccc(Cl)c(OCc2ccccc2CCN)c1. The molecule has 2 aromatic carbocycles. The average molecular weight is 276 g/mol. The number of hydrogen-bond donors (Lipinski definition) is 1. The Morgan fingerprint density at radius 2 is 1.84 bits per heavy atom. The lowest BCUT2D eigenvalue weighted by Gasteiger charge is -2.12. The summed E-state index contributed by atoms with van der Waals surface area (Å²) >= 11 is 6.12. The molecular weight excluding hydrogens is 258 g/mol. The molecule has 100 valence electrons. The Morgan fingerprint density at radius 1 is 1.11 bits per heavy atom. The first-order chi connectivity index (χ1) is 9.20. The molecule has 2 aromatic rings. The summed E-state index contributed by atoms with van der Waals surface area (Å²) in [6, 6.07) is 14.0. The van der Waals surface area contributed by atoms with E-state index in [0.717, 1.165) is 23.3 Å². The third-order valence-electron chi connectivity index (χ3n) is 3.00. The number of halogens is 1. The van der Waals surface area contributed by atoms with E-state index < -0.39 is 0 Å². The number of ether oxygens (including phenoxy) is 1. The molecule has 19 heavy (non-hydrogen) atoms. The molecule has 2 rings (SSSR count). The lowest BCUT2D eigenvalue weighted by atomic mass is 10.1. The van der Waals surface area contributed by atoms with Gasteiger partial charge in [0.1, 0.15) is 12.4 Å². The highest BCUT2D eigenvalue weighted by Gasteiger charge is 2.05. The van der Waals surface area contributed by atoms with Crippen molar-refractivity contribution in [3.63, 3.8) is 0 Å². The van der Waals surface area contributed by atoms with Crippen LogP contribution in [0.5, 0.6) is 5.75 Å². The molecule has 2 nitrogen and oxygen atoms in total. The topological polar surface area (TPSA) is 35.2 Å². The highest BCUT2D eigenvalue weighted by Crippen LogP contribution is 2.26. The standard InChI is InChI=1S/C16H18ClNO/c1-12-6-7-15(17)16(10-12)19-11-14-5-3-2-4-13(14)8-9-18/h2-7,10H,8-9,11,18H2,1H3. The Hall–Kier alpha value is -1.51. The summed E-state index contributed by atoms with van der Waals surface area (Å²) in [6.07, 6.45) is 0.862. The molecule has 3 heteroatoms. The molecule has 0 unspecified atom stereocenters. The highest BCUT2D eigenvalue weighted by molar-refractivity contribution is 6.32. The fraction of sp³-hybridized carbons (Fsp3) is 0.250. The third kappa shape index (κ3) is 3.72. The normalized spacial score (nSPS) is 10.5. The van der Waals surface area contributed by atoms with Gasteiger partial charge >= 0.3 is 0 Å². The lowest BCUT2D eigenvalue weighted by Crippen LogP contribution is -2.07. The Kier molecular flexibility index (Phi) is 4.83. The van der Waals surface area contributed by atoms with Crippen LogP contribution in [0.2, 0.25) is 5.02 Å². The van der Waals surface area contributed by atoms with Crippen LogP contribution in [0.1, 0.15) is 16.7 Å². The molecule has 0 aliphatic heterocycles. The van der Waals surface area contributed by atoms with Gasteiger partial charge in [-0.2, -0.15) is 0 Å². The van der Waals surface area contributed by atoms with Crippen LogP contribution < -0.4 is 10.5 Å². The van der Waals surface area contributed by atoms with Crippen molar-refractivity contribution in [2.75, 3.05) is 6.54 Å². The molecular formula is C16H18ClNO. The molecule has 0 saturated carbocycles. The number of rotatable bonds is 5. The first kappa shape index (κ1) is 13.9. The van der Waals surface area contributed by atoms with Crippen LogP contribution in [0, 0.1) is 6.92 Å². The first-order valence-electron chi connectivity index (χ1n) is 6.36. The minimum absolute atomic E-state index is 0.513. The van der Waals surface area contributed by atoms with E-state index >= 15 is 0 Å². The van der Waals surface area contributed by atoms with Gasteiger partial charge in [-0.25, -0.2) is 0 Å². The van der Waals surface area contributed by atoms with E-state index in [4.69, 9.17) is 22.1 Å². The van der Waals surface area contributed by atoms with Crippen molar-refractivity contribution in [2.45, 2.75) is 20.0 Å². The van der Waals surface area contributed by atoms with Gasteiger partial charge in [0.05, 0.1) is 5.02 Å². The smallest absolute Gasteiger partial charge is 0.138 e. The molecule has 0 saturated heterocycles. The summed E-state index contributed by atoms with van der Waals surface area (Å²) in [5, 5.41) is 0.641. The average Bonchev–Trinajstić information content (AvgIpc) is 2.42. The predicted molar refractivity (Wildman–Crippen MR) is 79.7 cm³/mol. The van der Waals surface area contributed by atoms with Crippen LogP contribution in [0.3, 0.4) is 0 Å². The predicted octanol–water partition coefficient (Wildman–Crippen LogP) is 3.73. The maximum Gasteiger partial charge on any atom is 0.138 e. The zero-order valence-electron chi connectivity index (χ0n) is 11.0. The summed E-state index contributed by atoms with van der Waals surface area (Å²) in [4.78, 5) is 0. The summed E-state index contributed by atoms with van der Waals surface area (Å²) in [5.41, 5.74) is 9.14. The van der Waals surface area contributed by atoms with Crippen molar-refractivity contribution in [2.24, 2.45) is 5.73 Å². The highest BCUT2D eigenvalue weighted by atomic mass is 35.5. The van der Waals surface area contributed by atoms with E-state index in [2.05, 4.69) is 12.1 Å². The molecule has 0 amide bonds. The zero-order valence-corrected chi connectivity index (χ0v) is 11.8. The number of benzene rings is 2. The third-order valence-corrected chi connectivity index (χ3v) is 3.31. The molecule has 0 heterocycles. The summed E-state index contributed by atoms with van der Waals surface area (Å²) in [6.45, 7) is 3.17. The van der Waals surface area contributed by atoms with Crippen molar-refractivity contribution in [3.05, 3.63) is 64.2 Å². The molecule has 0 aliphatic rings. The lowest BCUT2D eigenvalue weighted by molar-refractivity contribution is 0.305. The quantitative estimate of drug-likeness (QED) is 0.902. The second-order valence-corrected chi connectivity index (χ2v) is 4.94. The molecule has 0 fully saturated rings. The van der Waals surface area contributed by atoms with Gasteiger partial charge < -0.3 is 10.5 Å². The van der Waals surface area contributed by atoms with Gasteiger partial charge in [0, 0.05) is 0 Å². The minimum atomic E-state index is 0.513. The van der Waals surface area contributed by atoms with Gasteiger partial charge in [-0.3, -0.25) is 0 Å². The summed E-state index contributed by atoms with van der Waals surface area (Å²) < 4.78 is 5.82. The molecule has 0 bridgehead atoms. The van der Waals surface area contributed by atoms with E-state index in [-0.39, 0.29) is 0 Å². The fourth-order valence-corrected chi connectivity index (χ4v) is 2.15. The van der Waals surface area contributed by atoms with Gasteiger partial charge in [0.15, 0.2) is 0 Å². The van der Waals surface area contributed by atoms with Crippen LogP contribution in [-0.4, -0.2) is 6.54 Å². The van der Waals surface area contributed by atoms with Gasteiger partial charge in [-0.15, -0.1) is 0 Å². The molecule has 0 spiro atoms. The van der Waals surface area contributed by atoms with E-state index in [0.29, 0.717) is 18.2 Å². The molecule has 2 N–H and O–H groups in total. The van der Waals surface area contributed by atoms with Crippen molar-refractivity contribution < 1.29 is 4.74 Å². The Labute approximate surface area is 119 Å². The van der Waals surface area contributed by atoms with Crippen molar-refractivity contribution in [3.8, 4) is 5.75 Å². The van der Waals surface area contributed by atoms with Gasteiger partial charge in [0.25, 0.3) is 0 Å². The van der Waals surface area contributed by atoms with Crippen LogP contribution in [0.4, 0.5) is 0 Å². The second kappa shape index (κ2) is 6.60. The maximum atomic E-state index is 6.12. The number of aryl methyl sites for hydroxylation is 1. The monoisotopic (exact) mass is 275 g/mol. The molecule has 0 radical (unpaired) electrons. The maximum absolute atomic E-state index is 6.12. The Morgan fingerprint density at radius 3 is 2.58 bits per heavy atom. The summed E-state index contributed by atoms with van der Waals surface area (Å²) in [5.74, 6) is 0.726. The van der Waals surface area contributed by atoms with Crippen molar-refractivity contribution in [1.29, 1.82) is 0 Å². The Bertz CT molecular complexity index is 554. The summed E-state index contributed by atoms with van der Waals surface area (Å²) in [7, 11) is 0. The number of hydrogen-bond acceptors (Lipinski definition) is 2. The van der Waals surface area contributed by atoms with Crippen LogP contribution >= 0.6 is 11.6 Å². The minimum Gasteiger partial charge on any atom is -0.487 e. The second-order valence-electron chi connectivity index (χ2n) is 4.53. The van der Waals surface area contributed by atoms with E-state index in [9.17, 15) is 0 Å². The van der Waals surface area contributed by atoms with E-state index in [1.807, 2.05) is 37.3 Å². The largest absolute Gasteiger partial charge is 0.487 e. The van der Waals surface area contributed by atoms with E-state index in [1.54, 1.807) is 0 Å². The Balaban J connectivity index is 2.12. The van der Waals surface area contributed by atoms with Crippen molar-refractivity contribution >= 4 is 11.6 Å². The molecule has 0 aromatic heterocycles. The van der Waals surface area contributed by atoms with Crippen LogP contribution in [-0.2, 0) is 13.0 Å². The van der Waals surface area contributed by atoms with E-state index in [1.165, 1.54) is 5.56 Å². The van der Waals surface area contributed by atoms with Gasteiger partial charge in [-0.1, -0.05) is 41.9 Å². The van der Waals surface area contributed by atoms with Crippen molar-refractivity contribution in [1.82, 2.24) is 0 Å². The molecule has 0 aliphatic carbocycles. The molecule has 0 atom stereocenters. The van der Waals surface area contributed by atoms with Gasteiger partial charge in [-0.05, 0) is 48.7 Å². The first-order valence-corrected chi connectivity index (χ1v) is 6.74. The van der Waals surface area contributed by atoms with Crippen LogP contribution in [0.25, 0.3) is 0 Å².